The molecule has 6 heavy (non-hydrogen) atoms. The molecule has 0 heterocycles. The summed E-state index contributed by atoms with van der Waals surface area (Å²) < 4.78 is 8.82. The molecule has 0 bridgehead atoms. The van der Waals surface area contributed by atoms with E-state index in [1.165, 1.54) is 9.21 Å². The average Bonchev–Trinajstić information content (AvgIpc) is 1.61. The molecule has 38 valence electrons. The molecule has 0 aromatic heterocycles. The van der Waals surface area contributed by atoms with Crippen molar-refractivity contribution in [3.05, 3.63) is 0 Å². The summed E-state index contributed by atoms with van der Waals surface area (Å²) in [6.45, 7) is 0.233. The molecule has 0 radical (unpaired) electrons. The third-order valence-electron chi connectivity index (χ3n) is 0.145. The fourth-order valence-corrected chi connectivity index (χ4v) is 0.560. The van der Waals surface area contributed by atoms with Gasteiger partial charge in [-0.1, -0.05) is 0 Å². The smallest absolute Gasteiger partial charge is 0.174 e. The van der Waals surface area contributed by atoms with Crippen LogP contribution in [0.25, 0.3) is 0 Å². The van der Waals surface area contributed by atoms with E-state index in [9.17, 15) is 0 Å². The van der Waals surface area contributed by atoms with Crippen molar-refractivity contribution in [2.75, 3.05) is 6.79 Å². The summed E-state index contributed by atoms with van der Waals surface area (Å²) >= 11 is 5.40. The SMILES string of the molecule is SOCOSI. The maximum absolute atomic E-state index is 4.59. The Kier molecular flexibility index (Phi) is 7.78. The molecule has 0 N–H and O–H groups in total. The molecule has 0 rings (SSSR count). The van der Waals surface area contributed by atoms with Crippen LogP contribution >= 0.6 is 43.3 Å². The van der Waals surface area contributed by atoms with Crippen LogP contribution in [0.3, 0.4) is 0 Å². The summed E-state index contributed by atoms with van der Waals surface area (Å²) in [5, 5.41) is 0. The molecule has 0 saturated heterocycles. The Labute approximate surface area is 58.4 Å². The summed E-state index contributed by atoms with van der Waals surface area (Å²) in [5.41, 5.74) is 0. The highest BCUT2D eigenvalue weighted by Gasteiger charge is 1.75. The fraction of sp³-hybridized carbons (Fsp3) is 1.00. The van der Waals surface area contributed by atoms with E-state index in [0.717, 1.165) is 0 Å². The highest BCUT2D eigenvalue weighted by atomic mass is 127. The van der Waals surface area contributed by atoms with Crippen molar-refractivity contribution in [3.63, 3.8) is 0 Å². The molecule has 0 unspecified atom stereocenters. The first-order valence-corrected chi connectivity index (χ1v) is 4.73. The van der Waals surface area contributed by atoms with Crippen LogP contribution in [0.2, 0.25) is 0 Å². The van der Waals surface area contributed by atoms with Gasteiger partial charge in [-0.2, -0.15) is 0 Å². The van der Waals surface area contributed by atoms with Crippen molar-refractivity contribution < 1.29 is 8.37 Å². The lowest BCUT2D eigenvalue weighted by Gasteiger charge is -1.88. The molecule has 0 atom stereocenters. The lowest BCUT2D eigenvalue weighted by atomic mass is 11.6. The predicted molar refractivity (Wildman–Crippen MR) is 37.6 cm³/mol. The normalized spacial score (nSPS) is 9.00. The molecule has 5 heteroatoms. The van der Waals surface area contributed by atoms with Gasteiger partial charge in [0, 0.05) is 21.2 Å². The first kappa shape index (κ1) is 7.35. The Morgan fingerprint density at radius 3 is 2.67 bits per heavy atom. The third-order valence-corrected chi connectivity index (χ3v) is 1.20. The molecular weight excluding hydrogens is 235 g/mol. The summed E-state index contributed by atoms with van der Waals surface area (Å²) in [4.78, 5) is 0. The zero-order valence-corrected chi connectivity index (χ0v) is 6.63. The van der Waals surface area contributed by atoms with E-state index in [2.05, 4.69) is 21.3 Å². The first-order valence-electron chi connectivity index (χ1n) is 1.08. The van der Waals surface area contributed by atoms with E-state index in [1.54, 1.807) is 0 Å². The Bertz CT molecular complexity index is 23.5. The highest BCUT2D eigenvalue weighted by Crippen LogP contribution is 2.11. The maximum Gasteiger partial charge on any atom is 0.174 e. The van der Waals surface area contributed by atoms with Gasteiger partial charge < -0.3 is 0 Å². The van der Waals surface area contributed by atoms with Gasteiger partial charge in [0.05, 0.1) is 9.21 Å². The zero-order valence-electron chi connectivity index (χ0n) is 2.76. The van der Waals surface area contributed by atoms with Crippen LogP contribution in [0.4, 0.5) is 0 Å². The van der Waals surface area contributed by atoms with Gasteiger partial charge in [0.15, 0.2) is 6.79 Å². The molecule has 0 aliphatic carbocycles. The quantitative estimate of drug-likeness (QED) is 0.266. The van der Waals surface area contributed by atoms with E-state index in [0.29, 0.717) is 0 Å². The van der Waals surface area contributed by atoms with Gasteiger partial charge >= 0.3 is 0 Å². The second kappa shape index (κ2) is 6.35. The molecule has 2 nitrogen and oxygen atoms in total. The minimum absolute atomic E-state index is 0.233. The Morgan fingerprint density at radius 2 is 2.50 bits per heavy atom. The summed E-state index contributed by atoms with van der Waals surface area (Å²) in [7, 11) is 1.22. The lowest BCUT2D eigenvalue weighted by Crippen LogP contribution is -1.78. The van der Waals surface area contributed by atoms with Crippen LogP contribution in [0.15, 0.2) is 0 Å². The molecule has 0 saturated carbocycles. The van der Waals surface area contributed by atoms with Crippen LogP contribution < -0.4 is 0 Å². The molecular formula is CH3IO2S2. The zero-order chi connectivity index (χ0) is 4.83. The van der Waals surface area contributed by atoms with E-state index in [-0.39, 0.29) is 6.79 Å². The monoisotopic (exact) mass is 238 g/mol. The first-order chi connectivity index (χ1) is 2.91. The second-order valence-electron chi connectivity index (χ2n) is 0.428. The molecule has 0 aliphatic rings. The fourth-order valence-electron chi connectivity index (χ4n) is 0.0397. The number of thiol groups is 1. The van der Waals surface area contributed by atoms with Gasteiger partial charge in [-0.05, 0) is 12.9 Å². The summed E-state index contributed by atoms with van der Waals surface area (Å²) in [6, 6.07) is 0. The summed E-state index contributed by atoms with van der Waals surface area (Å²) in [5.74, 6) is 0. The van der Waals surface area contributed by atoms with E-state index >= 15 is 0 Å². The molecule has 0 fully saturated rings. The molecule has 0 amide bonds. The van der Waals surface area contributed by atoms with Crippen LogP contribution in [0.5, 0.6) is 0 Å². The van der Waals surface area contributed by atoms with Gasteiger partial charge in [0.1, 0.15) is 0 Å². The Balaban J connectivity index is 2.34. The van der Waals surface area contributed by atoms with Crippen molar-refractivity contribution in [1.29, 1.82) is 0 Å². The topological polar surface area (TPSA) is 18.5 Å². The van der Waals surface area contributed by atoms with Crippen molar-refractivity contribution in [3.8, 4) is 0 Å². The molecule has 0 aromatic rings. The van der Waals surface area contributed by atoms with Gasteiger partial charge in [-0.3, -0.25) is 8.37 Å². The van der Waals surface area contributed by atoms with E-state index in [1.807, 2.05) is 21.2 Å². The van der Waals surface area contributed by atoms with Crippen LogP contribution in [-0.2, 0) is 8.37 Å². The van der Waals surface area contributed by atoms with Crippen LogP contribution in [0, 0.1) is 0 Å². The highest BCUT2D eigenvalue weighted by molar-refractivity contribution is 14.2. The van der Waals surface area contributed by atoms with Gasteiger partial charge in [-0.25, -0.2) is 0 Å². The number of hydrogen-bond acceptors (Lipinski definition) is 4. The predicted octanol–water partition coefficient (Wildman–Crippen LogP) is 1.82. The van der Waals surface area contributed by atoms with Gasteiger partial charge in [0.2, 0.25) is 0 Å². The lowest BCUT2D eigenvalue weighted by molar-refractivity contribution is 0.175. The Morgan fingerprint density at radius 1 is 1.83 bits per heavy atom. The maximum atomic E-state index is 4.59. The Hall–Kier alpha value is 1.35. The number of hydrogen-bond donors (Lipinski definition) is 1. The van der Waals surface area contributed by atoms with Gasteiger partial charge in [-0.15, -0.1) is 0 Å². The number of rotatable bonds is 3. The van der Waals surface area contributed by atoms with Crippen LogP contribution in [0.1, 0.15) is 0 Å². The average molecular weight is 238 g/mol. The minimum Gasteiger partial charge on any atom is -0.289 e. The second-order valence-corrected chi connectivity index (χ2v) is 2.13. The molecule has 0 spiro atoms. The number of halogens is 1. The van der Waals surface area contributed by atoms with Crippen molar-refractivity contribution in [2.24, 2.45) is 0 Å². The largest absolute Gasteiger partial charge is 0.289 e. The van der Waals surface area contributed by atoms with Crippen molar-refractivity contribution >= 4 is 43.3 Å². The third kappa shape index (κ3) is 5.35. The van der Waals surface area contributed by atoms with Crippen molar-refractivity contribution in [1.82, 2.24) is 0 Å². The van der Waals surface area contributed by atoms with Gasteiger partial charge in [0.25, 0.3) is 0 Å². The van der Waals surface area contributed by atoms with Crippen LogP contribution in [-0.4, -0.2) is 6.79 Å². The molecule has 0 aromatic carbocycles. The summed E-state index contributed by atoms with van der Waals surface area (Å²) in [6.07, 6.45) is 0. The van der Waals surface area contributed by atoms with E-state index in [4.69, 9.17) is 0 Å². The van der Waals surface area contributed by atoms with E-state index < -0.39 is 0 Å². The van der Waals surface area contributed by atoms with Crippen molar-refractivity contribution in [2.45, 2.75) is 0 Å². The molecule has 0 aliphatic heterocycles. The standard InChI is InChI=1S/CH3IO2S2/c2-6-4-1-3-5/h5H,1H2. The minimum atomic E-state index is 0.233.